The lowest BCUT2D eigenvalue weighted by atomic mass is 9.88. The molecular formula is C21H36O3. The van der Waals surface area contributed by atoms with Crippen LogP contribution >= 0.6 is 0 Å². The summed E-state index contributed by atoms with van der Waals surface area (Å²) in [5.41, 5.74) is 0.320. The monoisotopic (exact) mass is 336 g/mol. The van der Waals surface area contributed by atoms with Crippen molar-refractivity contribution in [1.29, 1.82) is 0 Å². The van der Waals surface area contributed by atoms with Crippen molar-refractivity contribution >= 4 is 5.78 Å². The number of hydrogen-bond donors (Lipinski definition) is 0. The molecule has 1 aliphatic rings. The number of allylic oxidation sites excluding steroid dienone is 2. The number of aryl methyl sites for hydroxylation is 2. The van der Waals surface area contributed by atoms with Gasteiger partial charge in [0.15, 0.2) is 5.78 Å². The van der Waals surface area contributed by atoms with Gasteiger partial charge in [-0.05, 0) is 50.3 Å². The van der Waals surface area contributed by atoms with Gasteiger partial charge in [-0.1, -0.05) is 60.5 Å². The second-order valence-electron chi connectivity index (χ2n) is 5.32. The standard InChI is InChI=1S/C16H20O3.2C2H6.CH4/c1-11-10-12(2)19-16(18)15(11)14(17)9-8-13-6-4-3-5-7-13;2*1-2;/h8-10,13H,3-7H2,1-2H3;2*1-2H3;1H4/b9-8+;;;. The smallest absolute Gasteiger partial charge is 0.347 e. The Kier molecular flexibility index (Phi) is 14.1. The van der Waals surface area contributed by atoms with Crippen LogP contribution in [-0.2, 0) is 0 Å². The van der Waals surface area contributed by atoms with E-state index < -0.39 is 5.63 Å². The number of rotatable bonds is 3. The van der Waals surface area contributed by atoms with E-state index in [1.54, 1.807) is 26.0 Å². The molecule has 1 aliphatic carbocycles. The van der Waals surface area contributed by atoms with Crippen molar-refractivity contribution in [1.82, 2.24) is 0 Å². The second-order valence-corrected chi connectivity index (χ2v) is 5.32. The molecule has 0 unspecified atom stereocenters. The molecule has 1 aromatic rings. The van der Waals surface area contributed by atoms with Gasteiger partial charge in [0, 0.05) is 0 Å². The minimum Gasteiger partial charge on any atom is -0.428 e. The maximum atomic E-state index is 12.1. The van der Waals surface area contributed by atoms with E-state index in [0.29, 0.717) is 17.2 Å². The van der Waals surface area contributed by atoms with E-state index in [-0.39, 0.29) is 18.8 Å². The number of hydrogen-bond acceptors (Lipinski definition) is 3. The molecule has 0 bridgehead atoms. The summed E-state index contributed by atoms with van der Waals surface area (Å²) < 4.78 is 4.99. The van der Waals surface area contributed by atoms with Gasteiger partial charge < -0.3 is 4.42 Å². The summed E-state index contributed by atoms with van der Waals surface area (Å²) >= 11 is 0. The third-order valence-electron chi connectivity index (χ3n) is 3.69. The van der Waals surface area contributed by atoms with Gasteiger partial charge in [-0.2, -0.15) is 0 Å². The molecule has 1 saturated carbocycles. The normalized spacial score (nSPS) is 13.9. The molecule has 0 aliphatic heterocycles. The highest BCUT2D eigenvalue weighted by atomic mass is 16.4. The van der Waals surface area contributed by atoms with E-state index in [2.05, 4.69) is 0 Å². The summed E-state index contributed by atoms with van der Waals surface area (Å²) in [6, 6.07) is 1.73. The van der Waals surface area contributed by atoms with Crippen LogP contribution in [0.5, 0.6) is 0 Å². The highest BCUT2D eigenvalue weighted by Crippen LogP contribution is 2.24. The van der Waals surface area contributed by atoms with E-state index in [1.165, 1.54) is 19.3 Å². The van der Waals surface area contributed by atoms with Crippen LogP contribution in [0.15, 0.2) is 27.4 Å². The Labute approximate surface area is 148 Å². The van der Waals surface area contributed by atoms with E-state index in [9.17, 15) is 9.59 Å². The third-order valence-corrected chi connectivity index (χ3v) is 3.69. The van der Waals surface area contributed by atoms with Gasteiger partial charge in [-0.25, -0.2) is 4.79 Å². The van der Waals surface area contributed by atoms with Gasteiger partial charge in [0.1, 0.15) is 11.3 Å². The van der Waals surface area contributed by atoms with Crippen molar-refractivity contribution in [3.05, 3.63) is 45.5 Å². The first-order chi connectivity index (χ1) is 11.1. The van der Waals surface area contributed by atoms with Crippen molar-refractivity contribution in [3.63, 3.8) is 0 Å². The Balaban J connectivity index is 0. The lowest BCUT2D eigenvalue weighted by Gasteiger charge is -2.17. The predicted octanol–water partition coefficient (Wildman–Crippen LogP) is 6.26. The molecule has 0 radical (unpaired) electrons. The molecule has 1 heterocycles. The van der Waals surface area contributed by atoms with Crippen molar-refractivity contribution in [2.24, 2.45) is 5.92 Å². The van der Waals surface area contributed by atoms with E-state index >= 15 is 0 Å². The minimum atomic E-state index is -0.532. The van der Waals surface area contributed by atoms with Crippen molar-refractivity contribution in [3.8, 4) is 0 Å². The van der Waals surface area contributed by atoms with E-state index in [0.717, 1.165) is 12.8 Å². The highest BCUT2D eigenvalue weighted by molar-refractivity contribution is 6.05. The maximum absolute atomic E-state index is 12.1. The fraction of sp³-hybridized carbons (Fsp3) is 0.619. The first-order valence-electron chi connectivity index (χ1n) is 8.92. The number of carbonyl (C=O) groups excluding carboxylic acids is 1. The van der Waals surface area contributed by atoms with Crippen LogP contribution in [0.1, 0.15) is 88.9 Å². The topological polar surface area (TPSA) is 47.3 Å². The molecule has 138 valence electrons. The van der Waals surface area contributed by atoms with Gasteiger partial charge in [-0.3, -0.25) is 4.79 Å². The van der Waals surface area contributed by atoms with Gasteiger partial charge in [0.2, 0.25) is 0 Å². The molecule has 3 nitrogen and oxygen atoms in total. The van der Waals surface area contributed by atoms with E-state index in [4.69, 9.17) is 4.42 Å². The summed E-state index contributed by atoms with van der Waals surface area (Å²) in [6.45, 7) is 11.5. The summed E-state index contributed by atoms with van der Waals surface area (Å²) in [7, 11) is 0. The Morgan fingerprint density at radius 3 is 2.12 bits per heavy atom. The summed E-state index contributed by atoms with van der Waals surface area (Å²) in [6.07, 6.45) is 9.55. The lowest BCUT2D eigenvalue weighted by molar-refractivity contribution is 0.104. The SMILES string of the molecule is C.CC.CC.Cc1cc(C)c(C(=O)/C=C/C2CCCCC2)c(=O)o1. The lowest BCUT2D eigenvalue weighted by Crippen LogP contribution is -2.15. The fourth-order valence-corrected chi connectivity index (χ4v) is 2.69. The molecule has 0 spiro atoms. The molecule has 0 N–H and O–H groups in total. The second kappa shape index (κ2) is 13.8. The zero-order chi connectivity index (χ0) is 17.8. The Morgan fingerprint density at radius 1 is 1.08 bits per heavy atom. The van der Waals surface area contributed by atoms with Crippen LogP contribution in [-0.4, -0.2) is 5.78 Å². The first-order valence-corrected chi connectivity index (χ1v) is 8.92. The van der Waals surface area contributed by atoms with Gasteiger partial charge in [0.05, 0.1) is 0 Å². The zero-order valence-electron chi connectivity index (χ0n) is 15.6. The highest BCUT2D eigenvalue weighted by Gasteiger charge is 2.15. The average molecular weight is 337 g/mol. The fourth-order valence-electron chi connectivity index (χ4n) is 2.69. The van der Waals surface area contributed by atoms with Gasteiger partial charge in [0.25, 0.3) is 0 Å². The van der Waals surface area contributed by atoms with Crippen LogP contribution in [0, 0.1) is 19.8 Å². The van der Waals surface area contributed by atoms with Gasteiger partial charge >= 0.3 is 5.63 Å². The quantitative estimate of drug-likeness (QED) is 0.483. The molecule has 3 heteroatoms. The summed E-state index contributed by atoms with van der Waals surface area (Å²) in [5.74, 6) is 0.780. The van der Waals surface area contributed by atoms with Crippen LogP contribution in [0.25, 0.3) is 0 Å². The van der Waals surface area contributed by atoms with Crippen LogP contribution < -0.4 is 5.63 Å². The van der Waals surface area contributed by atoms with E-state index in [1.807, 2.05) is 33.8 Å². The Hall–Kier alpha value is -1.64. The number of carbonyl (C=O) groups is 1. The molecule has 1 fully saturated rings. The number of ketones is 1. The largest absolute Gasteiger partial charge is 0.428 e. The van der Waals surface area contributed by atoms with Crippen LogP contribution in [0.2, 0.25) is 0 Å². The molecule has 24 heavy (non-hydrogen) atoms. The average Bonchev–Trinajstić information content (AvgIpc) is 2.57. The van der Waals surface area contributed by atoms with Gasteiger partial charge in [-0.15, -0.1) is 0 Å². The zero-order valence-corrected chi connectivity index (χ0v) is 15.6. The van der Waals surface area contributed by atoms with Crippen molar-refractivity contribution < 1.29 is 9.21 Å². The molecule has 0 saturated heterocycles. The van der Waals surface area contributed by atoms with Crippen LogP contribution in [0.4, 0.5) is 0 Å². The third kappa shape index (κ3) is 7.76. The Morgan fingerprint density at radius 2 is 1.62 bits per heavy atom. The van der Waals surface area contributed by atoms with Crippen molar-refractivity contribution in [2.45, 2.75) is 81.1 Å². The molecule has 0 aromatic carbocycles. The molecule has 0 atom stereocenters. The molecule has 1 aromatic heterocycles. The summed E-state index contributed by atoms with van der Waals surface area (Å²) in [4.78, 5) is 23.8. The van der Waals surface area contributed by atoms with Crippen LogP contribution in [0.3, 0.4) is 0 Å². The van der Waals surface area contributed by atoms with Crippen molar-refractivity contribution in [2.75, 3.05) is 0 Å². The Bertz CT molecular complexity index is 547. The summed E-state index contributed by atoms with van der Waals surface area (Å²) in [5, 5.41) is 0. The maximum Gasteiger partial charge on any atom is 0.347 e. The predicted molar refractivity (Wildman–Crippen MR) is 104 cm³/mol. The molecular weight excluding hydrogens is 300 g/mol. The first kappa shape index (κ1) is 24.6. The molecule has 0 amide bonds. The minimum absolute atomic E-state index is 0. The molecule has 2 rings (SSSR count).